The molecule has 0 spiro atoms. The molecule has 2 unspecified atom stereocenters. The molecule has 4 heteroatoms. The van der Waals surface area contributed by atoms with Gasteiger partial charge >= 0.3 is 0 Å². The van der Waals surface area contributed by atoms with Gasteiger partial charge in [-0.1, -0.05) is 30.3 Å². The largest absolute Gasteiger partial charge is 0.469 e. The summed E-state index contributed by atoms with van der Waals surface area (Å²) in [6, 6.07) is 13.5. The monoisotopic (exact) mass is 286 g/mol. The lowest BCUT2D eigenvalue weighted by Crippen LogP contribution is -2.39. The Hall–Kier alpha value is -2.07. The molecule has 1 aromatic carbocycles. The van der Waals surface area contributed by atoms with Crippen molar-refractivity contribution in [2.24, 2.45) is 5.73 Å². The molecule has 0 saturated carbocycles. The third-order valence-corrected chi connectivity index (χ3v) is 3.55. The molecule has 112 valence electrons. The number of nitrogens with two attached hydrogens (primary N) is 1. The second kappa shape index (κ2) is 7.64. The molecule has 0 aliphatic rings. The summed E-state index contributed by atoms with van der Waals surface area (Å²) in [7, 11) is 0. The van der Waals surface area contributed by atoms with Crippen molar-refractivity contribution in [3.8, 4) is 0 Å². The minimum Gasteiger partial charge on any atom is -0.469 e. The summed E-state index contributed by atoms with van der Waals surface area (Å²) in [6.07, 6.45) is 3.32. The van der Waals surface area contributed by atoms with Gasteiger partial charge in [-0.15, -0.1) is 0 Å². The number of benzene rings is 1. The zero-order valence-corrected chi connectivity index (χ0v) is 12.3. The predicted octanol–water partition coefficient (Wildman–Crippen LogP) is 2.46. The summed E-state index contributed by atoms with van der Waals surface area (Å²) < 4.78 is 5.29. The van der Waals surface area contributed by atoms with Crippen LogP contribution in [0.3, 0.4) is 0 Å². The Morgan fingerprint density at radius 3 is 2.62 bits per heavy atom. The molecule has 0 fully saturated rings. The first-order valence-corrected chi connectivity index (χ1v) is 7.28. The van der Waals surface area contributed by atoms with Crippen molar-refractivity contribution in [2.75, 3.05) is 6.54 Å². The van der Waals surface area contributed by atoms with Crippen LogP contribution in [0.1, 0.15) is 30.6 Å². The van der Waals surface area contributed by atoms with Gasteiger partial charge in [0.25, 0.3) is 0 Å². The Balaban J connectivity index is 1.87. The lowest BCUT2D eigenvalue weighted by Gasteiger charge is -2.19. The average molecular weight is 286 g/mol. The summed E-state index contributed by atoms with van der Waals surface area (Å²) in [5, 5.41) is 3.03. The molecule has 1 amide bonds. The van der Waals surface area contributed by atoms with E-state index in [0.29, 0.717) is 6.54 Å². The number of amides is 1. The van der Waals surface area contributed by atoms with Gasteiger partial charge in [-0.05, 0) is 31.0 Å². The van der Waals surface area contributed by atoms with Crippen molar-refractivity contribution in [3.63, 3.8) is 0 Å². The molecule has 3 N–H and O–H groups in total. The summed E-state index contributed by atoms with van der Waals surface area (Å²) in [5.74, 6) is 0.627. The van der Waals surface area contributed by atoms with Crippen molar-refractivity contribution < 1.29 is 9.21 Å². The lowest BCUT2D eigenvalue weighted by atomic mass is 9.98. The summed E-state index contributed by atoms with van der Waals surface area (Å²) in [5.41, 5.74) is 6.71. The molecule has 1 heterocycles. The van der Waals surface area contributed by atoms with Crippen LogP contribution in [-0.2, 0) is 11.2 Å². The summed E-state index contributed by atoms with van der Waals surface area (Å²) in [4.78, 5) is 12.3. The number of carbonyl (C=O) groups is 1. The van der Waals surface area contributed by atoms with E-state index in [9.17, 15) is 4.79 Å². The van der Waals surface area contributed by atoms with E-state index in [-0.39, 0.29) is 17.9 Å². The quantitative estimate of drug-likeness (QED) is 0.821. The van der Waals surface area contributed by atoms with Gasteiger partial charge in [0.05, 0.1) is 12.2 Å². The molecule has 0 bridgehead atoms. The molecular weight excluding hydrogens is 264 g/mol. The van der Waals surface area contributed by atoms with E-state index in [4.69, 9.17) is 10.2 Å². The van der Waals surface area contributed by atoms with Crippen LogP contribution < -0.4 is 11.1 Å². The van der Waals surface area contributed by atoms with Gasteiger partial charge in [0.2, 0.25) is 5.91 Å². The first-order valence-electron chi connectivity index (χ1n) is 7.28. The van der Waals surface area contributed by atoms with Crippen LogP contribution in [-0.4, -0.2) is 18.5 Å². The van der Waals surface area contributed by atoms with Crippen molar-refractivity contribution in [1.82, 2.24) is 5.32 Å². The van der Waals surface area contributed by atoms with E-state index < -0.39 is 0 Å². The van der Waals surface area contributed by atoms with Crippen LogP contribution in [0.2, 0.25) is 0 Å². The standard InChI is InChI=1S/C17H22N2O2/c1-13(9-10-15-8-5-11-21-15)19-17(20)16(12-18)14-6-3-2-4-7-14/h2-8,11,13,16H,9-10,12,18H2,1H3,(H,19,20). The summed E-state index contributed by atoms with van der Waals surface area (Å²) in [6.45, 7) is 2.31. The molecular formula is C17H22N2O2. The highest BCUT2D eigenvalue weighted by atomic mass is 16.3. The number of furan rings is 1. The molecule has 2 atom stereocenters. The van der Waals surface area contributed by atoms with Gasteiger partial charge in [0.1, 0.15) is 5.76 Å². The molecule has 21 heavy (non-hydrogen) atoms. The SMILES string of the molecule is CC(CCc1ccco1)NC(=O)C(CN)c1ccccc1. The second-order valence-corrected chi connectivity index (χ2v) is 5.23. The molecule has 2 rings (SSSR count). The Kier molecular flexibility index (Phi) is 5.58. The number of hydrogen-bond acceptors (Lipinski definition) is 3. The molecule has 1 aromatic heterocycles. The van der Waals surface area contributed by atoms with Gasteiger partial charge in [-0.3, -0.25) is 4.79 Å². The van der Waals surface area contributed by atoms with Crippen molar-refractivity contribution in [1.29, 1.82) is 0 Å². The van der Waals surface area contributed by atoms with Gasteiger partial charge in [-0.2, -0.15) is 0 Å². The highest BCUT2D eigenvalue weighted by Gasteiger charge is 2.20. The molecule has 0 aliphatic carbocycles. The van der Waals surface area contributed by atoms with Crippen LogP contribution in [0.25, 0.3) is 0 Å². The number of aryl methyl sites for hydroxylation is 1. The van der Waals surface area contributed by atoms with Crippen LogP contribution in [0.4, 0.5) is 0 Å². The number of rotatable bonds is 7. The fraction of sp³-hybridized carbons (Fsp3) is 0.353. The Morgan fingerprint density at radius 2 is 2.00 bits per heavy atom. The van der Waals surface area contributed by atoms with Crippen LogP contribution in [0.15, 0.2) is 53.1 Å². The summed E-state index contributed by atoms with van der Waals surface area (Å²) >= 11 is 0. The second-order valence-electron chi connectivity index (χ2n) is 5.23. The van der Waals surface area contributed by atoms with E-state index in [2.05, 4.69) is 5.32 Å². The maximum Gasteiger partial charge on any atom is 0.229 e. The third kappa shape index (κ3) is 4.46. The zero-order chi connectivity index (χ0) is 15.1. The molecule has 0 saturated heterocycles. The highest BCUT2D eigenvalue weighted by molar-refractivity contribution is 5.84. The third-order valence-electron chi connectivity index (χ3n) is 3.55. The molecule has 0 radical (unpaired) electrons. The first-order chi connectivity index (χ1) is 10.2. The lowest BCUT2D eigenvalue weighted by molar-refractivity contribution is -0.123. The number of nitrogens with one attached hydrogen (secondary N) is 1. The molecule has 0 aliphatic heterocycles. The zero-order valence-electron chi connectivity index (χ0n) is 12.3. The van der Waals surface area contributed by atoms with Crippen LogP contribution in [0.5, 0.6) is 0 Å². The van der Waals surface area contributed by atoms with E-state index in [1.165, 1.54) is 0 Å². The maximum atomic E-state index is 12.3. The van der Waals surface area contributed by atoms with Gasteiger partial charge in [0, 0.05) is 19.0 Å². The van der Waals surface area contributed by atoms with Crippen molar-refractivity contribution in [3.05, 3.63) is 60.1 Å². The Bertz CT molecular complexity index is 537. The average Bonchev–Trinajstić information content (AvgIpc) is 3.00. The normalized spacial score (nSPS) is 13.6. The minimum atomic E-state index is -0.294. The first kappa shape index (κ1) is 15.3. The van der Waals surface area contributed by atoms with Crippen molar-refractivity contribution >= 4 is 5.91 Å². The minimum absolute atomic E-state index is 0.0179. The Labute approximate surface area is 125 Å². The smallest absolute Gasteiger partial charge is 0.229 e. The predicted molar refractivity (Wildman–Crippen MR) is 82.9 cm³/mol. The van der Waals surface area contributed by atoms with Crippen molar-refractivity contribution in [2.45, 2.75) is 31.7 Å². The van der Waals surface area contributed by atoms with Crippen LogP contribution in [0, 0.1) is 0 Å². The fourth-order valence-electron chi connectivity index (χ4n) is 2.31. The number of carbonyl (C=O) groups excluding carboxylic acids is 1. The molecule has 2 aromatic rings. The fourth-order valence-corrected chi connectivity index (χ4v) is 2.31. The Morgan fingerprint density at radius 1 is 1.24 bits per heavy atom. The van der Waals surface area contributed by atoms with Gasteiger partial charge in [-0.25, -0.2) is 0 Å². The van der Waals surface area contributed by atoms with Gasteiger partial charge in [0.15, 0.2) is 0 Å². The van der Waals surface area contributed by atoms with E-state index >= 15 is 0 Å². The van der Waals surface area contributed by atoms with Crippen LogP contribution >= 0.6 is 0 Å². The number of hydrogen-bond donors (Lipinski definition) is 2. The van der Waals surface area contributed by atoms with E-state index in [1.807, 2.05) is 49.4 Å². The topological polar surface area (TPSA) is 68.3 Å². The maximum absolute atomic E-state index is 12.3. The van der Waals surface area contributed by atoms with E-state index in [1.54, 1.807) is 6.26 Å². The van der Waals surface area contributed by atoms with Gasteiger partial charge < -0.3 is 15.5 Å². The highest BCUT2D eigenvalue weighted by Crippen LogP contribution is 2.15. The molecule has 4 nitrogen and oxygen atoms in total. The van der Waals surface area contributed by atoms with E-state index in [0.717, 1.165) is 24.2 Å².